The maximum absolute atomic E-state index is 11.1. The molecule has 0 N–H and O–H groups in total. The van der Waals surface area contributed by atoms with Gasteiger partial charge in [-0.25, -0.2) is 0 Å². The Labute approximate surface area is 129 Å². The molecule has 1 aromatic rings. The van der Waals surface area contributed by atoms with Gasteiger partial charge in [0.25, 0.3) is 11.4 Å². The highest BCUT2D eigenvalue weighted by Crippen LogP contribution is 2.36. The molecule has 0 fully saturated rings. The van der Waals surface area contributed by atoms with Crippen LogP contribution in [0.4, 0.5) is 11.4 Å². The summed E-state index contributed by atoms with van der Waals surface area (Å²) in [5.74, 6) is 0. The zero-order valence-corrected chi connectivity index (χ0v) is 13.0. The highest BCUT2D eigenvalue weighted by molar-refractivity contribution is 8.00. The number of benzene rings is 1. The fourth-order valence-electron chi connectivity index (χ4n) is 1.89. The van der Waals surface area contributed by atoms with Crippen molar-refractivity contribution in [2.75, 3.05) is 0 Å². The summed E-state index contributed by atoms with van der Waals surface area (Å²) in [6.07, 6.45) is 4.76. The average molecular weight is 313 g/mol. The molecule has 0 saturated heterocycles. The molecule has 0 heterocycles. The molecule has 0 saturated carbocycles. The molecule has 1 rings (SSSR count). The molecule has 21 heavy (non-hydrogen) atoms. The summed E-state index contributed by atoms with van der Waals surface area (Å²) >= 11 is 1.08. The van der Waals surface area contributed by atoms with Crippen LogP contribution in [0, 0.1) is 20.2 Å². The Hall–Kier alpha value is -1.63. The molecule has 0 bridgehead atoms. The summed E-state index contributed by atoms with van der Waals surface area (Å²) in [4.78, 5) is 20.8. The Morgan fingerprint density at radius 1 is 1.24 bits per heavy atom. The smallest absolute Gasteiger partial charge is 0.258 e. The first-order chi connectivity index (χ1) is 10.3. The number of hydrogen-bond donors (Lipinski definition) is 0. The molecular weight excluding hydrogens is 292 g/mol. The number of thioether (sulfide) groups is 1. The van der Waals surface area contributed by atoms with Gasteiger partial charge in [-0.05, 0) is 12.5 Å². The molecule has 0 spiro atoms. The van der Waals surface area contributed by atoms with Crippen LogP contribution in [0.1, 0.15) is 47.3 Å². The third kappa shape index (κ3) is 5.71. The molecule has 0 radical (unpaired) electrons. The summed E-state index contributed by atoms with van der Waals surface area (Å²) in [5.41, 5.74) is -0.628. The number of nitro groups is 2. The minimum absolute atomic E-state index is 0.295. The maximum Gasteiger partial charge on any atom is 0.289 e. The summed E-state index contributed by atoms with van der Waals surface area (Å²) in [6, 6.07) is 3.55. The van der Waals surface area contributed by atoms with E-state index < -0.39 is 15.1 Å². The summed E-state index contributed by atoms with van der Waals surface area (Å²) in [5, 5.41) is 20.9. The predicted octanol–water partition coefficient (Wildman–Crippen LogP) is 4.95. The van der Waals surface area contributed by atoms with Gasteiger partial charge in [-0.15, -0.1) is 11.8 Å². The number of hydrogen-bond acceptors (Lipinski definition) is 5. The van der Waals surface area contributed by atoms with E-state index in [0.717, 1.165) is 43.5 Å². The number of non-ortho nitro benzene ring substituents is 1. The fraction of sp³-hybridized carbons (Fsp3) is 0.571. The van der Waals surface area contributed by atoms with Crippen molar-refractivity contribution in [3.05, 3.63) is 38.4 Å². The molecule has 0 aliphatic rings. The molecule has 116 valence electrons. The lowest BCUT2D eigenvalue weighted by Gasteiger charge is -2.11. The van der Waals surface area contributed by atoms with Gasteiger partial charge in [0.05, 0.1) is 20.8 Å². The Balaban J connectivity index is 2.87. The van der Waals surface area contributed by atoms with Crippen molar-refractivity contribution < 1.29 is 11.2 Å². The van der Waals surface area contributed by atoms with Crippen LogP contribution in [0.25, 0.3) is 0 Å². The predicted molar refractivity (Wildman–Crippen MR) is 83.8 cm³/mol. The maximum atomic E-state index is 11.1. The minimum atomic E-state index is -0.894. The van der Waals surface area contributed by atoms with Crippen molar-refractivity contribution >= 4 is 23.1 Å². The van der Waals surface area contributed by atoms with Crippen molar-refractivity contribution in [2.24, 2.45) is 0 Å². The second kappa shape index (κ2) is 8.61. The molecule has 0 aromatic heterocycles. The molecule has 0 amide bonds. The van der Waals surface area contributed by atoms with Crippen molar-refractivity contribution in [1.29, 1.82) is 0 Å². The second-order valence-electron chi connectivity index (χ2n) is 4.78. The van der Waals surface area contributed by atoms with Gasteiger partial charge in [0, 0.05) is 12.7 Å². The molecule has 1 aromatic carbocycles. The lowest BCUT2D eigenvalue weighted by atomic mass is 10.1. The van der Waals surface area contributed by atoms with Crippen LogP contribution in [0.15, 0.2) is 23.1 Å². The Kier molecular flexibility index (Phi) is 6.46. The molecule has 0 aliphatic heterocycles. The molecule has 1 atom stereocenters. The Bertz CT molecular complexity index is 552. The van der Waals surface area contributed by atoms with Gasteiger partial charge in [-0.1, -0.05) is 39.5 Å². The van der Waals surface area contributed by atoms with Crippen molar-refractivity contribution in [3.8, 4) is 0 Å². The van der Waals surface area contributed by atoms with Gasteiger partial charge in [-0.2, -0.15) is 0 Å². The van der Waals surface area contributed by atoms with Crippen LogP contribution in [0.3, 0.4) is 0 Å². The molecular formula is C14H20N2O4S. The van der Waals surface area contributed by atoms with E-state index in [1.165, 1.54) is 12.1 Å². The largest absolute Gasteiger partial charge is 0.289 e. The molecule has 6 nitrogen and oxygen atoms in total. The SMILES string of the molecule is [2H][C@](C)(CCCCCC)Sc1ccc([N+](=O)[O-])cc1[N+](=O)[O-]. The van der Waals surface area contributed by atoms with Gasteiger partial charge in [0.1, 0.15) is 0 Å². The highest BCUT2D eigenvalue weighted by atomic mass is 32.2. The van der Waals surface area contributed by atoms with E-state index in [9.17, 15) is 20.2 Å². The lowest BCUT2D eigenvalue weighted by molar-refractivity contribution is -0.396. The van der Waals surface area contributed by atoms with Gasteiger partial charge >= 0.3 is 0 Å². The molecule has 0 aliphatic carbocycles. The van der Waals surface area contributed by atoms with Crippen LogP contribution in [-0.2, 0) is 0 Å². The van der Waals surface area contributed by atoms with Crippen molar-refractivity contribution in [3.63, 3.8) is 0 Å². The van der Waals surface area contributed by atoms with Crippen molar-refractivity contribution in [1.82, 2.24) is 0 Å². The topological polar surface area (TPSA) is 86.3 Å². The van der Waals surface area contributed by atoms with Gasteiger partial charge in [0.15, 0.2) is 0 Å². The molecule has 7 heteroatoms. The lowest BCUT2D eigenvalue weighted by Crippen LogP contribution is -1.99. The van der Waals surface area contributed by atoms with E-state index in [1.807, 2.05) is 0 Å². The average Bonchev–Trinajstić information content (AvgIpc) is 2.43. The summed E-state index contributed by atoms with van der Waals surface area (Å²) in [6.45, 7) is 3.82. The summed E-state index contributed by atoms with van der Waals surface area (Å²) in [7, 11) is 0. The zero-order chi connectivity index (χ0) is 16.8. The zero-order valence-electron chi connectivity index (χ0n) is 13.2. The minimum Gasteiger partial charge on any atom is -0.258 e. The Morgan fingerprint density at radius 2 is 1.95 bits per heavy atom. The van der Waals surface area contributed by atoms with E-state index in [2.05, 4.69) is 6.92 Å². The van der Waals surface area contributed by atoms with Gasteiger partial charge < -0.3 is 0 Å². The third-order valence-electron chi connectivity index (χ3n) is 3.02. The monoisotopic (exact) mass is 313 g/mol. The standard InChI is InChI=1S/C14H20N2O4S/c1-3-4-5-6-7-11(2)21-14-9-8-12(15(17)18)10-13(14)16(19)20/h8-11H,3-7H2,1-2H3/t11-/m0/s1/i11D. The fourth-order valence-corrected chi connectivity index (χ4v) is 2.88. The van der Waals surface area contributed by atoms with E-state index in [0.29, 0.717) is 11.3 Å². The Morgan fingerprint density at radius 3 is 2.52 bits per heavy atom. The first-order valence-electron chi connectivity index (χ1n) is 7.38. The van der Waals surface area contributed by atoms with E-state index in [1.54, 1.807) is 6.92 Å². The second-order valence-corrected chi connectivity index (χ2v) is 6.12. The van der Waals surface area contributed by atoms with Crippen LogP contribution in [0.5, 0.6) is 0 Å². The first-order valence-corrected chi connectivity index (χ1v) is 7.70. The van der Waals surface area contributed by atoms with Crippen LogP contribution in [0.2, 0.25) is 0 Å². The van der Waals surface area contributed by atoms with Crippen molar-refractivity contribution in [2.45, 2.75) is 56.1 Å². The summed E-state index contributed by atoms with van der Waals surface area (Å²) < 4.78 is 8.28. The first kappa shape index (κ1) is 15.8. The van der Waals surface area contributed by atoms with E-state index in [4.69, 9.17) is 1.37 Å². The number of nitro benzene ring substituents is 2. The van der Waals surface area contributed by atoms with Gasteiger partial charge in [0.2, 0.25) is 0 Å². The highest BCUT2D eigenvalue weighted by Gasteiger charge is 2.21. The molecule has 0 unspecified atom stereocenters. The van der Waals surface area contributed by atoms with Crippen LogP contribution in [-0.4, -0.2) is 15.1 Å². The third-order valence-corrected chi connectivity index (χ3v) is 4.13. The number of rotatable bonds is 9. The van der Waals surface area contributed by atoms with E-state index in [-0.39, 0.29) is 11.4 Å². The quantitative estimate of drug-likeness (QED) is 0.278. The van der Waals surface area contributed by atoms with Gasteiger partial charge in [-0.3, -0.25) is 20.2 Å². The van der Waals surface area contributed by atoms with E-state index >= 15 is 0 Å². The number of unbranched alkanes of at least 4 members (excludes halogenated alkanes) is 3. The van der Waals surface area contributed by atoms with Crippen LogP contribution >= 0.6 is 11.8 Å². The normalized spacial score (nSPS) is 14.3. The van der Waals surface area contributed by atoms with Crippen LogP contribution < -0.4 is 0 Å². The number of nitrogens with zero attached hydrogens (tertiary/aromatic N) is 2.